The fourth-order valence-electron chi connectivity index (χ4n) is 6.08. The summed E-state index contributed by atoms with van der Waals surface area (Å²) in [5.74, 6) is -2.12. The van der Waals surface area contributed by atoms with Gasteiger partial charge in [0.25, 0.3) is 11.8 Å². The number of benzene rings is 3. The SMILES string of the molecule is COc1ccc([C@H](CC(=O)O)NC(=O)[C@H]2C[C@@H](NC(=O)c3ccc4c(c3)B(O)OC4)CN2C(=O)c2ccc3c(c2)B(O)OC3)cc1. The van der Waals surface area contributed by atoms with Gasteiger partial charge in [0.15, 0.2) is 0 Å². The van der Waals surface area contributed by atoms with Crippen molar-refractivity contribution < 1.29 is 48.4 Å². The van der Waals surface area contributed by atoms with E-state index in [1.54, 1.807) is 54.6 Å². The van der Waals surface area contributed by atoms with Gasteiger partial charge in [0.1, 0.15) is 11.8 Å². The quantitative estimate of drug-likeness (QED) is 0.194. The lowest BCUT2D eigenvalue weighted by Gasteiger charge is -2.26. The van der Waals surface area contributed by atoms with E-state index in [2.05, 4.69) is 10.6 Å². The van der Waals surface area contributed by atoms with Crippen LogP contribution in [0.3, 0.4) is 0 Å². The average molecular weight is 627 g/mol. The average Bonchev–Trinajstić information content (AvgIpc) is 3.76. The highest BCUT2D eigenvalue weighted by Gasteiger charge is 2.42. The number of carboxylic acid groups (broad SMARTS) is 1. The van der Waals surface area contributed by atoms with Gasteiger partial charge in [-0.1, -0.05) is 24.3 Å². The maximum absolute atomic E-state index is 13.9. The molecule has 6 rings (SSSR count). The van der Waals surface area contributed by atoms with Crippen LogP contribution in [0.1, 0.15) is 56.3 Å². The number of fused-ring (bicyclic) bond motifs is 2. The molecule has 1 fully saturated rings. The number of carbonyl (C=O) groups is 4. The van der Waals surface area contributed by atoms with Crippen LogP contribution < -0.4 is 26.3 Å². The van der Waals surface area contributed by atoms with Gasteiger partial charge in [-0.05, 0) is 70.4 Å². The number of nitrogens with one attached hydrogen (secondary N) is 2. The minimum atomic E-state index is -1.18. The van der Waals surface area contributed by atoms with Crippen LogP contribution in [-0.2, 0) is 32.1 Å². The van der Waals surface area contributed by atoms with E-state index in [0.717, 1.165) is 11.1 Å². The summed E-state index contributed by atoms with van der Waals surface area (Å²) in [6.45, 7) is 0.428. The predicted octanol–water partition coefficient (Wildman–Crippen LogP) is -0.524. The summed E-state index contributed by atoms with van der Waals surface area (Å²) in [6, 6.07) is 13.7. The normalized spacial score (nSPS) is 19.0. The molecule has 1 saturated heterocycles. The van der Waals surface area contributed by atoms with Gasteiger partial charge >= 0.3 is 20.2 Å². The largest absolute Gasteiger partial charge is 0.497 e. The maximum Gasteiger partial charge on any atom is 0.491 e. The molecule has 3 amide bonds. The Labute approximate surface area is 264 Å². The molecule has 0 spiro atoms. The molecule has 0 saturated carbocycles. The number of nitrogens with zero attached hydrogens (tertiary/aromatic N) is 1. The van der Waals surface area contributed by atoms with Crippen LogP contribution in [0, 0.1) is 0 Å². The molecule has 46 heavy (non-hydrogen) atoms. The van der Waals surface area contributed by atoms with Crippen molar-refractivity contribution in [3.63, 3.8) is 0 Å². The van der Waals surface area contributed by atoms with Crippen LogP contribution in [0.4, 0.5) is 0 Å². The Morgan fingerprint density at radius 2 is 1.54 bits per heavy atom. The number of hydrogen-bond acceptors (Lipinski definition) is 9. The van der Waals surface area contributed by atoms with Crippen LogP contribution in [0.25, 0.3) is 0 Å². The Morgan fingerprint density at radius 3 is 2.15 bits per heavy atom. The molecular formula is C31H31B2N3O10. The molecular weight excluding hydrogens is 596 g/mol. The molecule has 15 heteroatoms. The molecule has 3 aliphatic heterocycles. The lowest BCUT2D eigenvalue weighted by atomic mass is 9.78. The van der Waals surface area contributed by atoms with E-state index in [1.807, 2.05) is 0 Å². The number of carboxylic acids is 1. The van der Waals surface area contributed by atoms with Gasteiger partial charge in [-0.2, -0.15) is 0 Å². The van der Waals surface area contributed by atoms with Crippen molar-refractivity contribution in [2.45, 2.75) is 44.2 Å². The third-order valence-corrected chi connectivity index (χ3v) is 8.54. The molecule has 0 aliphatic carbocycles. The minimum Gasteiger partial charge on any atom is -0.497 e. The molecule has 3 atom stereocenters. The van der Waals surface area contributed by atoms with Crippen molar-refractivity contribution in [2.24, 2.45) is 0 Å². The van der Waals surface area contributed by atoms with Gasteiger partial charge in [-0.15, -0.1) is 0 Å². The van der Waals surface area contributed by atoms with Crippen LogP contribution in [0.15, 0.2) is 60.7 Å². The van der Waals surface area contributed by atoms with E-state index in [-0.39, 0.29) is 37.3 Å². The molecule has 0 bridgehead atoms. The molecule has 3 heterocycles. The fourth-order valence-corrected chi connectivity index (χ4v) is 6.08. The number of carbonyl (C=O) groups excluding carboxylic acids is 3. The van der Waals surface area contributed by atoms with Crippen LogP contribution in [0.2, 0.25) is 0 Å². The highest BCUT2D eigenvalue weighted by atomic mass is 16.5. The number of rotatable bonds is 9. The van der Waals surface area contributed by atoms with Crippen LogP contribution >= 0.6 is 0 Å². The van der Waals surface area contributed by atoms with Crippen molar-refractivity contribution in [1.82, 2.24) is 15.5 Å². The van der Waals surface area contributed by atoms with Crippen molar-refractivity contribution in [2.75, 3.05) is 13.7 Å². The zero-order valence-corrected chi connectivity index (χ0v) is 24.8. The molecule has 0 radical (unpaired) electrons. The summed E-state index contributed by atoms with van der Waals surface area (Å²) in [5, 5.41) is 35.6. The number of amides is 3. The summed E-state index contributed by atoms with van der Waals surface area (Å²) < 4.78 is 15.7. The summed E-state index contributed by atoms with van der Waals surface area (Å²) in [4.78, 5) is 54.1. The maximum atomic E-state index is 13.9. The van der Waals surface area contributed by atoms with Crippen molar-refractivity contribution in [3.05, 3.63) is 88.5 Å². The van der Waals surface area contributed by atoms with Gasteiger partial charge < -0.3 is 44.7 Å². The van der Waals surface area contributed by atoms with E-state index < -0.39 is 62.5 Å². The summed E-state index contributed by atoms with van der Waals surface area (Å²) >= 11 is 0. The van der Waals surface area contributed by atoms with Gasteiger partial charge in [0, 0.05) is 23.7 Å². The molecule has 3 aromatic rings. The second-order valence-corrected chi connectivity index (χ2v) is 11.5. The lowest BCUT2D eigenvalue weighted by Crippen LogP contribution is -2.47. The van der Waals surface area contributed by atoms with Gasteiger partial charge in [-0.3, -0.25) is 19.2 Å². The molecule has 0 aromatic heterocycles. The molecule has 3 aliphatic rings. The first kappa shape index (κ1) is 31.3. The Bertz CT molecular complexity index is 1690. The Morgan fingerprint density at radius 1 is 0.935 bits per heavy atom. The first-order chi connectivity index (χ1) is 22.1. The highest BCUT2D eigenvalue weighted by Crippen LogP contribution is 2.26. The van der Waals surface area contributed by atoms with E-state index in [9.17, 15) is 34.3 Å². The fraction of sp³-hybridized carbons (Fsp3) is 0.290. The Balaban J connectivity index is 1.25. The number of aliphatic carboxylic acids is 1. The molecule has 5 N–H and O–H groups in total. The highest BCUT2D eigenvalue weighted by molar-refractivity contribution is 6.62. The minimum absolute atomic E-state index is 0.0123. The van der Waals surface area contributed by atoms with Gasteiger partial charge in [-0.25, -0.2) is 0 Å². The van der Waals surface area contributed by atoms with Crippen LogP contribution in [0.5, 0.6) is 5.75 Å². The number of hydrogen-bond donors (Lipinski definition) is 5. The van der Waals surface area contributed by atoms with Crippen molar-refractivity contribution in [3.8, 4) is 5.75 Å². The second kappa shape index (κ2) is 13.0. The zero-order chi connectivity index (χ0) is 32.5. The number of ether oxygens (including phenoxy) is 1. The first-order valence-corrected chi connectivity index (χ1v) is 14.7. The summed E-state index contributed by atoms with van der Waals surface area (Å²) in [7, 11) is -0.801. The van der Waals surface area contributed by atoms with E-state index in [1.165, 1.54) is 18.1 Å². The Hall–Kier alpha value is -4.69. The predicted molar refractivity (Wildman–Crippen MR) is 165 cm³/mol. The Kier molecular flexibility index (Phi) is 8.82. The molecule has 236 valence electrons. The third kappa shape index (κ3) is 6.35. The smallest absolute Gasteiger partial charge is 0.491 e. The third-order valence-electron chi connectivity index (χ3n) is 8.54. The second-order valence-electron chi connectivity index (χ2n) is 11.5. The first-order valence-electron chi connectivity index (χ1n) is 14.7. The van der Waals surface area contributed by atoms with Crippen molar-refractivity contribution >= 4 is 48.9 Å². The summed E-state index contributed by atoms with van der Waals surface area (Å²) in [5.41, 5.74) is 3.51. The van der Waals surface area contributed by atoms with Gasteiger partial charge in [0.2, 0.25) is 5.91 Å². The lowest BCUT2D eigenvalue weighted by molar-refractivity contribution is -0.138. The summed E-state index contributed by atoms with van der Waals surface area (Å²) in [6.07, 6.45) is -0.353. The van der Waals surface area contributed by atoms with E-state index in [0.29, 0.717) is 22.2 Å². The van der Waals surface area contributed by atoms with Crippen molar-refractivity contribution in [1.29, 1.82) is 0 Å². The molecule has 0 unspecified atom stereocenters. The van der Waals surface area contributed by atoms with E-state index >= 15 is 0 Å². The monoisotopic (exact) mass is 627 g/mol. The molecule has 13 nitrogen and oxygen atoms in total. The van der Waals surface area contributed by atoms with Gasteiger partial charge in [0.05, 0.1) is 32.8 Å². The standard InChI is InChI=1S/C31H31B2N3O10/c1-44-23-8-6-17(7-9-23)26(13-28(37)38)35-30(40)27-12-22(34-29(39)18-2-4-20-15-45-32(42)24(20)10-18)14-36(27)31(41)19-3-5-21-16-46-33(43)25(21)11-19/h2-11,22,26-27,42-43H,12-16H2,1H3,(H,34,39)(H,35,40)(H,37,38)/t22-,26+,27-/m1/s1. The molecule has 3 aromatic carbocycles. The zero-order valence-electron chi connectivity index (χ0n) is 24.8. The number of likely N-dealkylation sites (tertiary alicyclic amines) is 1. The number of methoxy groups -OCH3 is 1. The van der Waals surface area contributed by atoms with Crippen LogP contribution in [-0.4, -0.2) is 83.7 Å². The topological polar surface area (TPSA) is 184 Å². The van der Waals surface area contributed by atoms with E-state index in [4.69, 9.17) is 14.0 Å².